The predicted octanol–water partition coefficient (Wildman–Crippen LogP) is 1.84. The molecule has 0 aliphatic heterocycles. The molecular weight excluding hydrogens is 188 g/mol. The van der Waals surface area contributed by atoms with Gasteiger partial charge in [0.2, 0.25) is 0 Å². The highest BCUT2D eigenvalue weighted by Gasteiger charge is 2.21. The van der Waals surface area contributed by atoms with E-state index in [4.69, 9.17) is 11.5 Å². The van der Waals surface area contributed by atoms with Gasteiger partial charge in [0.1, 0.15) is 0 Å². The molecule has 0 rings (SSSR count). The van der Waals surface area contributed by atoms with E-state index in [1.807, 2.05) is 0 Å². The Kier molecular flexibility index (Phi) is 8.62. The van der Waals surface area contributed by atoms with E-state index < -0.39 is 0 Å². The molecule has 3 heteroatoms. The second-order valence-corrected chi connectivity index (χ2v) is 4.19. The van der Waals surface area contributed by atoms with Crippen molar-refractivity contribution < 1.29 is 4.79 Å². The lowest BCUT2D eigenvalue weighted by Gasteiger charge is -2.17. The summed E-state index contributed by atoms with van der Waals surface area (Å²) in [5.41, 5.74) is 11.3. The Balaban J connectivity index is 3.93. The van der Waals surface area contributed by atoms with Crippen LogP contribution >= 0.6 is 0 Å². The van der Waals surface area contributed by atoms with Crippen LogP contribution in [0.25, 0.3) is 0 Å². The first-order chi connectivity index (χ1) is 7.17. The summed E-state index contributed by atoms with van der Waals surface area (Å²) in [7, 11) is 0. The predicted molar refractivity (Wildman–Crippen MR) is 64.6 cm³/mol. The highest BCUT2D eigenvalue weighted by Crippen LogP contribution is 2.15. The molecule has 0 fully saturated rings. The fourth-order valence-corrected chi connectivity index (χ4v) is 1.85. The molecular formula is C12H26N2O. The van der Waals surface area contributed by atoms with Crippen molar-refractivity contribution in [1.29, 1.82) is 0 Å². The summed E-state index contributed by atoms with van der Waals surface area (Å²) in [6.07, 6.45) is 5.66. The van der Waals surface area contributed by atoms with Gasteiger partial charge in [0, 0.05) is 5.92 Å². The zero-order valence-corrected chi connectivity index (χ0v) is 10.2. The van der Waals surface area contributed by atoms with Crippen molar-refractivity contribution in [3.05, 3.63) is 0 Å². The Morgan fingerprint density at radius 3 is 2.33 bits per heavy atom. The second kappa shape index (κ2) is 8.86. The third-order valence-electron chi connectivity index (χ3n) is 2.87. The maximum Gasteiger partial charge on any atom is 0.152 e. The normalized spacial score (nSPS) is 14.9. The number of unbranched alkanes of at least 4 members (excludes halogenated alkanes) is 1. The van der Waals surface area contributed by atoms with E-state index in [0.717, 1.165) is 38.5 Å². The number of ketones is 1. The monoisotopic (exact) mass is 214 g/mol. The standard InChI is InChI=1S/C12H26N2O/c1-3-7-10(4-2)12(15)11(14)8-5-6-9-13/h10-11H,3-9,13-14H2,1-2H3/t10?,11-/m1/s1. The van der Waals surface area contributed by atoms with Gasteiger partial charge in [0.15, 0.2) is 5.78 Å². The minimum atomic E-state index is -0.270. The molecule has 0 aliphatic carbocycles. The number of nitrogens with two attached hydrogens (primary N) is 2. The van der Waals surface area contributed by atoms with Crippen molar-refractivity contribution in [2.24, 2.45) is 17.4 Å². The molecule has 0 aromatic heterocycles. The lowest BCUT2D eigenvalue weighted by molar-refractivity contribution is -0.124. The molecule has 15 heavy (non-hydrogen) atoms. The van der Waals surface area contributed by atoms with E-state index >= 15 is 0 Å². The van der Waals surface area contributed by atoms with E-state index in [-0.39, 0.29) is 17.7 Å². The molecule has 90 valence electrons. The first-order valence-corrected chi connectivity index (χ1v) is 6.16. The molecule has 0 radical (unpaired) electrons. The number of carbonyl (C=O) groups is 1. The minimum Gasteiger partial charge on any atom is -0.330 e. The van der Waals surface area contributed by atoms with E-state index in [0.29, 0.717) is 6.54 Å². The molecule has 0 saturated carbocycles. The molecule has 0 saturated heterocycles. The number of rotatable bonds is 9. The maximum atomic E-state index is 11.9. The van der Waals surface area contributed by atoms with Crippen LogP contribution in [-0.2, 0) is 4.79 Å². The van der Waals surface area contributed by atoms with Crippen LogP contribution < -0.4 is 11.5 Å². The molecule has 4 N–H and O–H groups in total. The molecule has 0 aliphatic rings. The fraction of sp³-hybridized carbons (Fsp3) is 0.917. The van der Waals surface area contributed by atoms with E-state index in [9.17, 15) is 4.79 Å². The third-order valence-corrected chi connectivity index (χ3v) is 2.87. The molecule has 0 heterocycles. The Hall–Kier alpha value is -0.410. The highest BCUT2D eigenvalue weighted by atomic mass is 16.1. The molecule has 0 bridgehead atoms. The molecule has 3 nitrogen and oxygen atoms in total. The number of hydrogen-bond donors (Lipinski definition) is 2. The molecule has 0 aromatic rings. The van der Waals surface area contributed by atoms with Crippen molar-refractivity contribution in [2.45, 2.75) is 58.4 Å². The van der Waals surface area contributed by atoms with Crippen molar-refractivity contribution in [2.75, 3.05) is 6.54 Å². The van der Waals surface area contributed by atoms with Crippen LogP contribution in [-0.4, -0.2) is 18.4 Å². The largest absolute Gasteiger partial charge is 0.330 e. The van der Waals surface area contributed by atoms with Gasteiger partial charge in [0.05, 0.1) is 6.04 Å². The van der Waals surface area contributed by atoms with Crippen LogP contribution in [0.5, 0.6) is 0 Å². The Morgan fingerprint density at radius 2 is 1.87 bits per heavy atom. The number of Topliss-reactive ketones (excluding diaryl/α,β-unsaturated/α-hetero) is 1. The first-order valence-electron chi connectivity index (χ1n) is 6.16. The third kappa shape index (κ3) is 5.90. The van der Waals surface area contributed by atoms with E-state index in [1.165, 1.54) is 0 Å². The summed E-state index contributed by atoms with van der Waals surface area (Å²) in [6.45, 7) is 4.85. The minimum absolute atomic E-state index is 0.169. The summed E-state index contributed by atoms with van der Waals surface area (Å²) in [5, 5.41) is 0. The summed E-state index contributed by atoms with van der Waals surface area (Å²) in [6, 6.07) is -0.270. The van der Waals surface area contributed by atoms with Crippen LogP contribution in [0, 0.1) is 5.92 Å². The van der Waals surface area contributed by atoms with Crippen molar-refractivity contribution in [1.82, 2.24) is 0 Å². The van der Waals surface area contributed by atoms with Gasteiger partial charge < -0.3 is 11.5 Å². The summed E-state index contributed by atoms with van der Waals surface area (Å²) in [5.74, 6) is 0.416. The average Bonchev–Trinajstić information content (AvgIpc) is 2.25. The first kappa shape index (κ1) is 14.6. The molecule has 1 unspecified atom stereocenters. The van der Waals surface area contributed by atoms with Gasteiger partial charge in [-0.15, -0.1) is 0 Å². The average molecular weight is 214 g/mol. The van der Waals surface area contributed by atoms with Crippen molar-refractivity contribution in [3.63, 3.8) is 0 Å². The zero-order chi connectivity index (χ0) is 11.7. The summed E-state index contributed by atoms with van der Waals surface area (Å²) >= 11 is 0. The van der Waals surface area contributed by atoms with Crippen LogP contribution in [0.4, 0.5) is 0 Å². The molecule has 0 amide bonds. The topological polar surface area (TPSA) is 69.1 Å². The number of hydrogen-bond acceptors (Lipinski definition) is 3. The smallest absolute Gasteiger partial charge is 0.152 e. The Bertz CT molecular complexity index is 171. The lowest BCUT2D eigenvalue weighted by Crippen LogP contribution is -2.35. The van der Waals surface area contributed by atoms with Crippen LogP contribution in [0.2, 0.25) is 0 Å². The second-order valence-electron chi connectivity index (χ2n) is 4.19. The SMILES string of the molecule is CCCC(CC)C(=O)[C@H](N)CCCCN. The molecule has 2 atom stereocenters. The number of carbonyl (C=O) groups excluding carboxylic acids is 1. The van der Waals surface area contributed by atoms with Gasteiger partial charge in [-0.25, -0.2) is 0 Å². The Labute approximate surface area is 93.6 Å². The molecule has 0 aromatic carbocycles. The summed E-state index contributed by atoms with van der Waals surface area (Å²) < 4.78 is 0. The van der Waals surface area contributed by atoms with Gasteiger partial charge in [-0.1, -0.05) is 26.7 Å². The zero-order valence-electron chi connectivity index (χ0n) is 10.2. The fourth-order valence-electron chi connectivity index (χ4n) is 1.85. The van der Waals surface area contributed by atoms with Gasteiger partial charge in [-0.3, -0.25) is 4.79 Å². The van der Waals surface area contributed by atoms with Crippen molar-refractivity contribution in [3.8, 4) is 0 Å². The van der Waals surface area contributed by atoms with Crippen LogP contribution in [0.3, 0.4) is 0 Å². The van der Waals surface area contributed by atoms with Gasteiger partial charge in [0.25, 0.3) is 0 Å². The molecule has 0 spiro atoms. The van der Waals surface area contributed by atoms with Gasteiger partial charge in [-0.2, -0.15) is 0 Å². The Morgan fingerprint density at radius 1 is 1.20 bits per heavy atom. The van der Waals surface area contributed by atoms with Crippen molar-refractivity contribution >= 4 is 5.78 Å². The maximum absolute atomic E-state index is 11.9. The van der Waals surface area contributed by atoms with E-state index in [1.54, 1.807) is 0 Å². The highest BCUT2D eigenvalue weighted by molar-refractivity contribution is 5.85. The lowest BCUT2D eigenvalue weighted by atomic mass is 9.90. The summed E-state index contributed by atoms with van der Waals surface area (Å²) in [4.78, 5) is 11.9. The van der Waals surface area contributed by atoms with Gasteiger partial charge >= 0.3 is 0 Å². The van der Waals surface area contributed by atoms with E-state index in [2.05, 4.69) is 13.8 Å². The van der Waals surface area contributed by atoms with Crippen LogP contribution in [0.15, 0.2) is 0 Å². The van der Waals surface area contributed by atoms with Crippen LogP contribution in [0.1, 0.15) is 52.4 Å². The quantitative estimate of drug-likeness (QED) is 0.575. The van der Waals surface area contributed by atoms with Gasteiger partial charge in [-0.05, 0) is 32.2 Å².